The van der Waals surface area contributed by atoms with Crippen LogP contribution in [0.1, 0.15) is 28.8 Å². The van der Waals surface area contributed by atoms with Gasteiger partial charge >= 0.3 is 0 Å². The van der Waals surface area contributed by atoms with Crippen molar-refractivity contribution in [3.63, 3.8) is 0 Å². The van der Waals surface area contributed by atoms with Crippen molar-refractivity contribution >= 4 is 27.5 Å². The molecule has 2 aliphatic rings. The zero-order valence-electron chi connectivity index (χ0n) is 16.3. The first-order valence-corrected chi connectivity index (χ1v) is 11.2. The zero-order valence-corrected chi connectivity index (χ0v) is 17.2. The average Bonchev–Trinajstić information content (AvgIpc) is 3.33. The summed E-state index contributed by atoms with van der Waals surface area (Å²) < 4.78 is 28.1. The number of nitrogens with zero attached hydrogens (tertiary/aromatic N) is 3. The van der Waals surface area contributed by atoms with Crippen molar-refractivity contribution in [2.45, 2.75) is 17.7 Å². The molecule has 29 heavy (non-hydrogen) atoms. The molecule has 2 aliphatic heterocycles. The van der Waals surface area contributed by atoms with Crippen LogP contribution in [0, 0.1) is 0 Å². The molecule has 0 aromatic heterocycles. The van der Waals surface area contributed by atoms with Crippen molar-refractivity contribution in [1.29, 1.82) is 0 Å². The molecule has 1 saturated heterocycles. The minimum absolute atomic E-state index is 0.0260. The van der Waals surface area contributed by atoms with E-state index < -0.39 is 10.0 Å². The number of hydrogen-bond acceptors (Lipinski definition) is 5. The third kappa shape index (κ3) is 4.18. The maximum absolute atomic E-state index is 12.6. The van der Waals surface area contributed by atoms with E-state index in [2.05, 4.69) is 14.6 Å². The number of benzene rings is 2. The topological polar surface area (TPSA) is 82.1 Å². The molecule has 7 nitrogen and oxygen atoms in total. The van der Waals surface area contributed by atoms with Crippen molar-refractivity contribution in [3.05, 3.63) is 59.7 Å². The minimum Gasteiger partial charge on any atom is -0.340 e. The van der Waals surface area contributed by atoms with Crippen LogP contribution in [0.5, 0.6) is 0 Å². The third-order valence-corrected chi connectivity index (χ3v) is 6.66. The first-order valence-electron chi connectivity index (χ1n) is 9.73. The van der Waals surface area contributed by atoms with E-state index in [1.165, 1.54) is 12.8 Å². The van der Waals surface area contributed by atoms with Crippen LogP contribution in [0.2, 0.25) is 0 Å². The van der Waals surface area contributed by atoms with Crippen LogP contribution < -0.4 is 5.32 Å². The van der Waals surface area contributed by atoms with Gasteiger partial charge in [-0.3, -0.25) is 4.79 Å². The van der Waals surface area contributed by atoms with Gasteiger partial charge in [0.1, 0.15) is 4.90 Å². The highest BCUT2D eigenvalue weighted by atomic mass is 32.2. The van der Waals surface area contributed by atoms with E-state index >= 15 is 0 Å². The van der Waals surface area contributed by atoms with Gasteiger partial charge in [0.2, 0.25) is 0 Å². The fourth-order valence-corrected chi connectivity index (χ4v) is 4.82. The number of carbonyl (C=O) groups is 1. The standard InChI is InChI=1S/C21H24N4O3S/c1-24(14-15-25-12-4-5-13-25)21(26)16-8-10-17(11-9-16)22-20-18-6-2-3-7-19(18)29(27,28)23-20/h2-3,6-11H,4-5,12-15H2,1H3,(H,22,23). The molecular weight excluding hydrogens is 388 g/mol. The highest BCUT2D eigenvalue weighted by Crippen LogP contribution is 2.26. The van der Waals surface area contributed by atoms with Crippen LogP contribution >= 0.6 is 0 Å². The van der Waals surface area contributed by atoms with E-state index in [0.717, 1.165) is 19.6 Å². The zero-order chi connectivity index (χ0) is 20.4. The summed E-state index contributed by atoms with van der Waals surface area (Å²) in [4.78, 5) is 17.0. The van der Waals surface area contributed by atoms with Gasteiger partial charge < -0.3 is 15.1 Å². The van der Waals surface area contributed by atoms with E-state index in [1.54, 1.807) is 53.4 Å². The van der Waals surface area contributed by atoms with Gasteiger partial charge in [-0.1, -0.05) is 12.1 Å². The van der Waals surface area contributed by atoms with Gasteiger partial charge in [-0.25, -0.2) is 0 Å². The molecule has 0 saturated carbocycles. The highest BCUT2D eigenvalue weighted by molar-refractivity contribution is 7.90. The molecule has 8 heteroatoms. The number of amidine groups is 1. The second kappa shape index (κ2) is 7.96. The van der Waals surface area contributed by atoms with Gasteiger partial charge in [-0.2, -0.15) is 8.42 Å². The number of carbonyl (C=O) groups excluding carboxylic acids is 1. The van der Waals surface area contributed by atoms with Crippen LogP contribution in [-0.4, -0.2) is 63.2 Å². The lowest BCUT2D eigenvalue weighted by Gasteiger charge is -2.21. The van der Waals surface area contributed by atoms with E-state index in [9.17, 15) is 13.2 Å². The highest BCUT2D eigenvalue weighted by Gasteiger charge is 2.28. The largest absolute Gasteiger partial charge is 0.340 e. The summed E-state index contributed by atoms with van der Waals surface area (Å²) >= 11 is 0. The number of likely N-dealkylation sites (tertiary alicyclic amines) is 1. The molecule has 2 aromatic carbocycles. The van der Waals surface area contributed by atoms with Crippen LogP contribution in [-0.2, 0) is 10.0 Å². The summed E-state index contributed by atoms with van der Waals surface area (Å²) in [7, 11) is -1.84. The molecule has 2 heterocycles. The maximum atomic E-state index is 12.6. The van der Waals surface area contributed by atoms with Gasteiger partial charge in [0, 0.05) is 37.0 Å². The Morgan fingerprint density at radius 3 is 2.52 bits per heavy atom. The van der Waals surface area contributed by atoms with Gasteiger partial charge in [0.25, 0.3) is 15.9 Å². The summed E-state index contributed by atoms with van der Waals surface area (Å²) in [6.45, 7) is 3.83. The van der Waals surface area contributed by atoms with Crippen LogP contribution in [0.25, 0.3) is 0 Å². The predicted octanol–water partition coefficient (Wildman–Crippen LogP) is 2.42. The lowest BCUT2D eigenvalue weighted by molar-refractivity contribution is 0.0782. The van der Waals surface area contributed by atoms with Crippen LogP contribution in [0.4, 0.5) is 5.69 Å². The fourth-order valence-electron chi connectivity index (χ4n) is 3.65. The Balaban J connectivity index is 1.41. The van der Waals surface area contributed by atoms with E-state index in [1.807, 2.05) is 7.05 Å². The van der Waals surface area contributed by atoms with Crippen molar-refractivity contribution in [3.8, 4) is 0 Å². The molecule has 1 N–H and O–H groups in total. The van der Waals surface area contributed by atoms with Gasteiger partial charge in [-0.05, 0) is 62.3 Å². The van der Waals surface area contributed by atoms with Gasteiger partial charge in [0.05, 0.1) is 0 Å². The van der Waals surface area contributed by atoms with Crippen molar-refractivity contribution in [2.75, 3.05) is 38.5 Å². The number of hydrogen-bond donors (Lipinski definition) is 1. The summed E-state index contributed by atoms with van der Waals surface area (Å²) in [5.74, 6) is 0.268. The molecule has 0 aliphatic carbocycles. The predicted molar refractivity (Wildman–Crippen MR) is 113 cm³/mol. The normalized spacial score (nSPS) is 17.6. The van der Waals surface area contributed by atoms with Crippen molar-refractivity contribution < 1.29 is 13.2 Å². The second-order valence-corrected chi connectivity index (χ2v) is 8.96. The Bertz CT molecular complexity index is 1040. The molecule has 0 radical (unpaired) electrons. The Hall–Kier alpha value is -2.71. The number of fused-ring (bicyclic) bond motifs is 1. The molecule has 0 spiro atoms. The lowest BCUT2D eigenvalue weighted by atomic mass is 10.1. The van der Waals surface area contributed by atoms with E-state index in [4.69, 9.17) is 0 Å². The molecule has 2 aromatic rings. The van der Waals surface area contributed by atoms with Crippen LogP contribution in [0.3, 0.4) is 0 Å². The summed E-state index contributed by atoms with van der Waals surface area (Å²) in [6, 6.07) is 13.7. The number of nitrogens with one attached hydrogen (secondary N) is 1. The molecule has 0 bridgehead atoms. The van der Waals surface area contributed by atoms with Crippen molar-refractivity contribution in [1.82, 2.24) is 9.80 Å². The first-order chi connectivity index (χ1) is 13.9. The lowest BCUT2D eigenvalue weighted by Crippen LogP contribution is -2.35. The van der Waals surface area contributed by atoms with Gasteiger partial charge in [-0.15, -0.1) is 4.40 Å². The Morgan fingerprint density at radius 2 is 1.79 bits per heavy atom. The fraction of sp³-hybridized carbons (Fsp3) is 0.333. The molecule has 1 amide bonds. The molecule has 0 atom stereocenters. The van der Waals surface area contributed by atoms with Crippen LogP contribution in [0.15, 0.2) is 57.8 Å². The molecule has 0 unspecified atom stereocenters. The third-order valence-electron chi connectivity index (χ3n) is 5.32. The monoisotopic (exact) mass is 412 g/mol. The number of anilines is 1. The van der Waals surface area contributed by atoms with E-state index in [-0.39, 0.29) is 10.8 Å². The number of rotatable bonds is 5. The molecule has 1 fully saturated rings. The number of likely N-dealkylation sites (N-methyl/N-ethyl adjacent to an activating group) is 1. The first kappa shape index (κ1) is 19.6. The Morgan fingerprint density at radius 1 is 1.10 bits per heavy atom. The summed E-state index contributed by atoms with van der Waals surface area (Å²) in [6.07, 6.45) is 2.48. The van der Waals surface area contributed by atoms with Gasteiger partial charge in [0.15, 0.2) is 5.84 Å². The minimum atomic E-state index is -3.66. The maximum Gasteiger partial charge on any atom is 0.285 e. The quantitative estimate of drug-likeness (QED) is 0.816. The number of sulfonamides is 1. The Kier molecular flexibility index (Phi) is 5.38. The summed E-state index contributed by atoms with van der Waals surface area (Å²) in [5.41, 5.74) is 1.82. The smallest absolute Gasteiger partial charge is 0.285 e. The number of amides is 1. The second-order valence-electron chi connectivity index (χ2n) is 7.39. The average molecular weight is 413 g/mol. The molecule has 152 valence electrons. The Labute approximate surface area is 171 Å². The summed E-state index contributed by atoms with van der Waals surface area (Å²) in [5, 5.41) is 3.05. The van der Waals surface area contributed by atoms with E-state index in [0.29, 0.717) is 29.2 Å². The SMILES string of the molecule is CN(CCN1CCCC1)C(=O)c1ccc(NC2=NS(=O)(=O)c3ccccc32)cc1. The van der Waals surface area contributed by atoms with Crippen molar-refractivity contribution in [2.24, 2.45) is 4.40 Å². The molecule has 4 rings (SSSR count). The molecular formula is C21H24N4O3S.